The first-order valence-electron chi connectivity index (χ1n) is 11.0. The number of phenolic OH excluding ortho intramolecular Hbond substituents is 1. The van der Waals surface area contributed by atoms with Gasteiger partial charge in [0.15, 0.2) is 17.3 Å². The van der Waals surface area contributed by atoms with Crippen LogP contribution in [0, 0.1) is 0 Å². The molecule has 0 spiro atoms. The number of carbonyl (C=O) groups excluding carboxylic acids is 1. The highest BCUT2D eigenvalue weighted by atomic mass is 16.5. The third-order valence-corrected chi connectivity index (χ3v) is 6.20. The molecule has 0 saturated carbocycles. The van der Waals surface area contributed by atoms with E-state index >= 15 is 0 Å². The fourth-order valence-electron chi connectivity index (χ4n) is 4.68. The number of phenols is 1. The molecule has 5 rings (SSSR count). The molecule has 0 aromatic heterocycles. The largest absolute Gasteiger partial charge is 0.504 e. The van der Waals surface area contributed by atoms with Crippen LogP contribution in [0.1, 0.15) is 42.9 Å². The van der Waals surface area contributed by atoms with Gasteiger partial charge in [0.2, 0.25) is 0 Å². The van der Waals surface area contributed by atoms with Crippen LogP contribution in [0.4, 0.5) is 11.4 Å². The van der Waals surface area contributed by atoms with Gasteiger partial charge in [0, 0.05) is 17.7 Å². The second-order valence-corrected chi connectivity index (χ2v) is 8.24. The average molecular weight is 427 g/mol. The molecule has 1 heterocycles. The van der Waals surface area contributed by atoms with Crippen molar-refractivity contribution in [1.29, 1.82) is 0 Å². The van der Waals surface area contributed by atoms with Gasteiger partial charge in [0.1, 0.15) is 0 Å². The first-order valence-corrected chi connectivity index (χ1v) is 11.0. The smallest absolute Gasteiger partial charge is 0.163 e. The Labute approximate surface area is 187 Å². The summed E-state index contributed by atoms with van der Waals surface area (Å²) >= 11 is 0. The Balaban J connectivity index is 1.61. The van der Waals surface area contributed by atoms with Gasteiger partial charge in [0.05, 0.1) is 24.0 Å². The van der Waals surface area contributed by atoms with Gasteiger partial charge >= 0.3 is 0 Å². The van der Waals surface area contributed by atoms with Crippen LogP contribution in [-0.4, -0.2) is 17.5 Å². The summed E-state index contributed by atoms with van der Waals surface area (Å²) in [6.45, 7) is 2.33. The molecule has 3 N–H and O–H groups in total. The van der Waals surface area contributed by atoms with Crippen molar-refractivity contribution in [3.8, 4) is 11.5 Å². The minimum atomic E-state index is -0.342. The van der Waals surface area contributed by atoms with Gasteiger partial charge in [-0.2, -0.15) is 0 Å². The number of rotatable bonds is 4. The Kier molecular flexibility index (Phi) is 5.31. The van der Waals surface area contributed by atoms with Crippen LogP contribution < -0.4 is 15.4 Å². The van der Waals surface area contributed by atoms with Crippen LogP contribution in [0.15, 0.2) is 84.1 Å². The zero-order valence-corrected chi connectivity index (χ0v) is 18.0. The van der Waals surface area contributed by atoms with E-state index in [9.17, 15) is 9.90 Å². The molecule has 162 valence electrons. The van der Waals surface area contributed by atoms with Crippen molar-refractivity contribution in [2.24, 2.45) is 0 Å². The quantitative estimate of drug-likeness (QED) is 0.494. The Bertz CT molecular complexity index is 1190. The van der Waals surface area contributed by atoms with Gasteiger partial charge in [0.25, 0.3) is 0 Å². The molecule has 0 unspecified atom stereocenters. The number of nitrogens with one attached hydrogen (secondary N) is 2. The maximum atomic E-state index is 13.6. The molecule has 0 fully saturated rings. The summed E-state index contributed by atoms with van der Waals surface area (Å²) in [5.74, 6) is 0.782. The van der Waals surface area contributed by atoms with Crippen molar-refractivity contribution in [1.82, 2.24) is 0 Å². The normalized spacial score (nSPS) is 19.8. The second kappa shape index (κ2) is 8.42. The Morgan fingerprint density at radius 3 is 2.47 bits per heavy atom. The molecule has 2 atom stereocenters. The van der Waals surface area contributed by atoms with Crippen molar-refractivity contribution >= 4 is 17.2 Å². The van der Waals surface area contributed by atoms with E-state index in [2.05, 4.69) is 22.8 Å². The monoisotopic (exact) mass is 426 g/mol. The summed E-state index contributed by atoms with van der Waals surface area (Å²) < 4.78 is 5.61. The highest BCUT2D eigenvalue weighted by Crippen LogP contribution is 2.45. The molecule has 0 radical (unpaired) electrons. The Hall–Kier alpha value is -3.73. The number of carbonyl (C=O) groups is 1. The lowest BCUT2D eigenvalue weighted by atomic mass is 9.78. The molecular formula is C27H26N2O3. The molecule has 5 heteroatoms. The van der Waals surface area contributed by atoms with Crippen LogP contribution in [-0.2, 0) is 4.79 Å². The number of ether oxygens (including phenoxy) is 1. The number of aromatic hydroxyl groups is 1. The van der Waals surface area contributed by atoms with Crippen molar-refractivity contribution in [3.63, 3.8) is 0 Å². The van der Waals surface area contributed by atoms with Crippen molar-refractivity contribution < 1.29 is 14.6 Å². The zero-order valence-electron chi connectivity index (χ0n) is 18.0. The zero-order chi connectivity index (χ0) is 22.1. The van der Waals surface area contributed by atoms with Crippen LogP contribution >= 0.6 is 0 Å². The molecule has 32 heavy (non-hydrogen) atoms. The molecule has 5 nitrogen and oxygen atoms in total. The third kappa shape index (κ3) is 3.71. The number of para-hydroxylation sites is 2. The minimum Gasteiger partial charge on any atom is -0.504 e. The van der Waals surface area contributed by atoms with Crippen molar-refractivity contribution in [3.05, 3.63) is 95.2 Å². The SMILES string of the molecule is CCOc1cc([C@@H]2Nc3ccccc3NC3=C2C(=O)C[C@@H](c2ccccc2)C3)ccc1O. The lowest BCUT2D eigenvalue weighted by Crippen LogP contribution is -2.26. The van der Waals surface area contributed by atoms with E-state index < -0.39 is 0 Å². The van der Waals surface area contributed by atoms with Crippen LogP contribution in [0.2, 0.25) is 0 Å². The summed E-state index contributed by atoms with van der Waals surface area (Å²) in [5.41, 5.74) is 5.64. The van der Waals surface area contributed by atoms with Gasteiger partial charge < -0.3 is 20.5 Å². The summed E-state index contributed by atoms with van der Waals surface area (Å²) in [7, 11) is 0. The lowest BCUT2D eigenvalue weighted by molar-refractivity contribution is -0.116. The van der Waals surface area contributed by atoms with E-state index in [0.717, 1.165) is 34.6 Å². The van der Waals surface area contributed by atoms with E-state index in [4.69, 9.17) is 4.74 Å². The number of anilines is 2. The Morgan fingerprint density at radius 1 is 0.938 bits per heavy atom. The maximum Gasteiger partial charge on any atom is 0.163 e. The highest BCUT2D eigenvalue weighted by Gasteiger charge is 2.36. The van der Waals surface area contributed by atoms with E-state index in [-0.39, 0.29) is 23.5 Å². The average Bonchev–Trinajstić information content (AvgIpc) is 2.98. The molecule has 1 aliphatic carbocycles. The number of benzene rings is 3. The van der Waals surface area contributed by atoms with Gasteiger partial charge in [-0.1, -0.05) is 48.5 Å². The highest BCUT2D eigenvalue weighted by molar-refractivity contribution is 6.01. The molecule has 0 bridgehead atoms. The van der Waals surface area contributed by atoms with E-state index in [1.165, 1.54) is 5.56 Å². The van der Waals surface area contributed by atoms with Crippen molar-refractivity contribution in [2.45, 2.75) is 31.7 Å². The fraction of sp³-hybridized carbons (Fsp3) is 0.222. The molecule has 2 aliphatic rings. The van der Waals surface area contributed by atoms with Crippen LogP contribution in [0.5, 0.6) is 11.5 Å². The summed E-state index contributed by atoms with van der Waals surface area (Å²) in [4.78, 5) is 13.6. The van der Waals surface area contributed by atoms with E-state index in [1.54, 1.807) is 6.07 Å². The molecule has 3 aromatic rings. The number of fused-ring (bicyclic) bond motifs is 1. The number of Topliss-reactive ketones (excluding diaryl/α,β-unsaturated/α-hetero) is 1. The van der Waals surface area contributed by atoms with Gasteiger partial charge in [-0.15, -0.1) is 0 Å². The third-order valence-electron chi connectivity index (χ3n) is 6.20. The molecular weight excluding hydrogens is 400 g/mol. The number of allylic oxidation sites excluding steroid dienone is 1. The van der Waals surface area contributed by atoms with E-state index in [0.29, 0.717) is 18.8 Å². The van der Waals surface area contributed by atoms with Crippen molar-refractivity contribution in [2.75, 3.05) is 17.2 Å². The van der Waals surface area contributed by atoms with Crippen LogP contribution in [0.25, 0.3) is 0 Å². The second-order valence-electron chi connectivity index (χ2n) is 8.24. The first kappa shape index (κ1) is 20.2. The summed E-state index contributed by atoms with van der Waals surface area (Å²) in [5, 5.41) is 17.3. The standard InChI is InChI=1S/C27H26N2O3/c1-2-32-25-16-18(12-13-23(25)30)27-26-22(28-20-10-6-7-11-21(20)29-27)14-19(15-24(26)31)17-8-4-3-5-9-17/h3-13,16,19,27-30H,2,14-15H2,1H3/t19-,27-/m0/s1. The lowest BCUT2D eigenvalue weighted by Gasteiger charge is -2.30. The Morgan fingerprint density at radius 2 is 1.69 bits per heavy atom. The minimum absolute atomic E-state index is 0.0936. The van der Waals surface area contributed by atoms with E-state index in [1.807, 2.05) is 61.5 Å². The predicted octanol–water partition coefficient (Wildman–Crippen LogP) is 5.77. The molecule has 0 amide bonds. The molecule has 0 saturated heterocycles. The topological polar surface area (TPSA) is 70.6 Å². The fourth-order valence-corrected chi connectivity index (χ4v) is 4.68. The molecule has 3 aromatic carbocycles. The maximum absolute atomic E-state index is 13.6. The summed E-state index contributed by atoms with van der Waals surface area (Å²) in [6, 6.07) is 23.2. The first-order chi connectivity index (χ1) is 15.6. The number of hydrogen-bond acceptors (Lipinski definition) is 5. The molecule has 1 aliphatic heterocycles. The van der Waals surface area contributed by atoms with Gasteiger partial charge in [-0.3, -0.25) is 4.79 Å². The number of ketones is 1. The van der Waals surface area contributed by atoms with Crippen LogP contribution in [0.3, 0.4) is 0 Å². The predicted molar refractivity (Wildman–Crippen MR) is 126 cm³/mol. The number of hydrogen-bond donors (Lipinski definition) is 3. The van der Waals surface area contributed by atoms with Gasteiger partial charge in [-0.25, -0.2) is 0 Å². The van der Waals surface area contributed by atoms with Gasteiger partial charge in [-0.05, 0) is 54.7 Å². The summed E-state index contributed by atoms with van der Waals surface area (Å²) in [6.07, 6.45) is 1.23.